The second-order valence-corrected chi connectivity index (χ2v) is 15.6. The van der Waals surface area contributed by atoms with Gasteiger partial charge in [-0.05, 0) is 119 Å². The van der Waals surface area contributed by atoms with Gasteiger partial charge in [-0.3, -0.25) is 0 Å². The number of hydrogen-bond donors (Lipinski definition) is 0. The Labute approximate surface area is 338 Å². The summed E-state index contributed by atoms with van der Waals surface area (Å²) in [6.07, 6.45) is 0. The van der Waals surface area contributed by atoms with Crippen LogP contribution in [0.25, 0.3) is 66.1 Å². The van der Waals surface area contributed by atoms with E-state index in [0.717, 1.165) is 11.4 Å². The van der Waals surface area contributed by atoms with E-state index in [-0.39, 0.29) is 0 Å². The van der Waals surface area contributed by atoms with Crippen LogP contribution in [-0.4, -0.2) is 0 Å². The topological polar surface area (TPSA) is 3.24 Å². The Morgan fingerprint density at radius 2 is 0.759 bits per heavy atom. The molecule has 2 aliphatic carbocycles. The van der Waals surface area contributed by atoms with E-state index in [9.17, 15) is 0 Å². The molecule has 10 aromatic rings. The van der Waals surface area contributed by atoms with Crippen LogP contribution in [0.1, 0.15) is 22.3 Å². The van der Waals surface area contributed by atoms with E-state index in [1.54, 1.807) is 0 Å². The van der Waals surface area contributed by atoms with Crippen molar-refractivity contribution in [3.8, 4) is 44.5 Å². The highest BCUT2D eigenvalue weighted by Gasteiger charge is 2.52. The highest BCUT2D eigenvalue weighted by atomic mass is 15.1. The van der Waals surface area contributed by atoms with Crippen LogP contribution in [-0.2, 0) is 5.41 Å². The monoisotopic (exact) mass is 735 g/mol. The summed E-state index contributed by atoms with van der Waals surface area (Å²) >= 11 is 0. The van der Waals surface area contributed by atoms with Crippen molar-refractivity contribution in [2.24, 2.45) is 0 Å². The molecule has 0 saturated heterocycles. The molecule has 1 nitrogen and oxygen atoms in total. The highest BCUT2D eigenvalue weighted by molar-refractivity contribution is 6.09. The van der Waals surface area contributed by atoms with Crippen LogP contribution >= 0.6 is 0 Å². The fraction of sp³-hybridized carbons (Fsp3) is 0.0175. The van der Waals surface area contributed by atoms with Gasteiger partial charge in [0.05, 0.1) is 11.1 Å². The van der Waals surface area contributed by atoms with Gasteiger partial charge in [0.15, 0.2) is 0 Å². The summed E-state index contributed by atoms with van der Waals surface area (Å²) in [6.45, 7) is 0. The minimum atomic E-state index is -0.415. The lowest BCUT2D eigenvalue weighted by molar-refractivity contribution is 0.794. The van der Waals surface area contributed by atoms with Gasteiger partial charge in [-0.15, -0.1) is 0 Å². The van der Waals surface area contributed by atoms with Gasteiger partial charge in [-0.2, -0.15) is 0 Å². The maximum Gasteiger partial charge on any atom is 0.0726 e. The van der Waals surface area contributed by atoms with Crippen LogP contribution in [0.3, 0.4) is 0 Å². The molecule has 0 radical (unpaired) electrons. The molecule has 0 amide bonds. The molecule has 270 valence electrons. The molecule has 0 aliphatic heterocycles. The second-order valence-electron chi connectivity index (χ2n) is 15.6. The van der Waals surface area contributed by atoms with E-state index in [2.05, 4.69) is 229 Å². The van der Waals surface area contributed by atoms with Gasteiger partial charge in [0.2, 0.25) is 0 Å². The summed E-state index contributed by atoms with van der Waals surface area (Å²) in [4.78, 5) is 2.47. The van der Waals surface area contributed by atoms with E-state index < -0.39 is 5.41 Å². The fourth-order valence-corrected chi connectivity index (χ4v) is 10.2. The average Bonchev–Trinajstić information content (AvgIpc) is 3.78. The standard InChI is InChI=1S/C57H37N/c1-2-13-38(14-3-1)39-29-33-44(34-30-39)58(45-35-31-40(32-36-45)43-28-27-42-26-25-41-15-4-5-16-46(41)50(42)37-43)55-24-12-23-54-56(55)49-19-8-11-22-53(49)57(54)51-20-9-6-17-47(51)48-18-7-10-21-52(48)57/h1-37H. The molecule has 0 heterocycles. The Morgan fingerprint density at radius 3 is 1.43 bits per heavy atom. The van der Waals surface area contributed by atoms with E-state index in [1.165, 1.54) is 94.0 Å². The number of benzene rings is 10. The molecule has 1 spiro atoms. The summed E-state index contributed by atoms with van der Waals surface area (Å²) in [5.74, 6) is 0. The van der Waals surface area contributed by atoms with Gasteiger partial charge >= 0.3 is 0 Å². The summed E-state index contributed by atoms with van der Waals surface area (Å²) in [5, 5.41) is 5.09. The molecular weight excluding hydrogens is 699 g/mol. The van der Waals surface area contributed by atoms with Gasteiger partial charge in [-0.25, -0.2) is 0 Å². The molecule has 58 heavy (non-hydrogen) atoms. The number of rotatable bonds is 5. The SMILES string of the molecule is c1ccc(-c2ccc(N(c3ccc(-c4ccc5ccc6ccccc6c5c4)cc3)c3cccc4c3-c3ccccc3C43c4ccccc4-c4ccccc43)cc2)cc1. The zero-order chi connectivity index (χ0) is 38.2. The number of nitrogens with zero attached hydrogens (tertiary/aromatic N) is 1. The van der Waals surface area contributed by atoms with Crippen molar-refractivity contribution in [3.05, 3.63) is 247 Å². The summed E-state index contributed by atoms with van der Waals surface area (Å²) < 4.78 is 0. The van der Waals surface area contributed by atoms with Crippen LogP contribution < -0.4 is 4.90 Å². The molecule has 0 N–H and O–H groups in total. The zero-order valence-corrected chi connectivity index (χ0v) is 31.8. The van der Waals surface area contributed by atoms with Crippen molar-refractivity contribution in [2.75, 3.05) is 4.90 Å². The van der Waals surface area contributed by atoms with Crippen molar-refractivity contribution in [2.45, 2.75) is 5.41 Å². The van der Waals surface area contributed by atoms with E-state index in [0.29, 0.717) is 0 Å². The molecule has 0 unspecified atom stereocenters. The van der Waals surface area contributed by atoms with Crippen molar-refractivity contribution >= 4 is 38.6 Å². The number of anilines is 3. The first-order valence-corrected chi connectivity index (χ1v) is 20.2. The van der Waals surface area contributed by atoms with Gasteiger partial charge < -0.3 is 4.90 Å². The lowest BCUT2D eigenvalue weighted by Crippen LogP contribution is -2.26. The molecule has 0 bridgehead atoms. The van der Waals surface area contributed by atoms with Crippen LogP contribution in [0.4, 0.5) is 17.1 Å². The Hall–Kier alpha value is -7.48. The third-order valence-corrected chi connectivity index (χ3v) is 12.7. The lowest BCUT2D eigenvalue weighted by Gasteiger charge is -2.32. The number of hydrogen-bond acceptors (Lipinski definition) is 1. The Balaban J connectivity index is 1.06. The van der Waals surface area contributed by atoms with Crippen LogP contribution in [0.2, 0.25) is 0 Å². The summed E-state index contributed by atoms with van der Waals surface area (Å²) in [7, 11) is 0. The molecule has 12 rings (SSSR count). The predicted molar refractivity (Wildman–Crippen MR) is 243 cm³/mol. The molecule has 0 aromatic heterocycles. The predicted octanol–water partition coefficient (Wildman–Crippen LogP) is 15.1. The van der Waals surface area contributed by atoms with E-state index in [4.69, 9.17) is 0 Å². The quantitative estimate of drug-likeness (QED) is 0.159. The normalized spacial score (nSPS) is 13.0. The second kappa shape index (κ2) is 12.8. The van der Waals surface area contributed by atoms with Crippen LogP contribution in [0, 0.1) is 0 Å². The van der Waals surface area contributed by atoms with Crippen LogP contribution in [0.15, 0.2) is 224 Å². The maximum absolute atomic E-state index is 2.47. The largest absolute Gasteiger partial charge is 0.310 e. The summed E-state index contributed by atoms with van der Waals surface area (Å²) in [6, 6.07) is 83.0. The first-order chi connectivity index (χ1) is 28.8. The molecule has 0 atom stereocenters. The lowest BCUT2D eigenvalue weighted by atomic mass is 9.70. The zero-order valence-electron chi connectivity index (χ0n) is 31.8. The number of fused-ring (bicyclic) bond motifs is 13. The third-order valence-electron chi connectivity index (χ3n) is 12.7. The van der Waals surface area contributed by atoms with E-state index in [1.807, 2.05) is 0 Å². The molecule has 1 heteroatoms. The smallest absolute Gasteiger partial charge is 0.0726 e. The molecule has 2 aliphatic rings. The molecule has 0 saturated carbocycles. The van der Waals surface area contributed by atoms with Crippen molar-refractivity contribution in [3.63, 3.8) is 0 Å². The van der Waals surface area contributed by atoms with Gasteiger partial charge in [0.1, 0.15) is 0 Å². The van der Waals surface area contributed by atoms with Crippen LogP contribution in [0.5, 0.6) is 0 Å². The Kier molecular flexibility index (Phi) is 7.21. The van der Waals surface area contributed by atoms with Crippen molar-refractivity contribution < 1.29 is 0 Å². The molecule has 0 fully saturated rings. The minimum Gasteiger partial charge on any atom is -0.310 e. The Bertz CT molecular complexity index is 3170. The first-order valence-electron chi connectivity index (χ1n) is 20.2. The first kappa shape index (κ1) is 32.7. The van der Waals surface area contributed by atoms with Crippen molar-refractivity contribution in [1.29, 1.82) is 0 Å². The van der Waals surface area contributed by atoms with E-state index >= 15 is 0 Å². The highest BCUT2D eigenvalue weighted by Crippen LogP contribution is 2.64. The Morgan fingerprint density at radius 1 is 0.293 bits per heavy atom. The minimum absolute atomic E-state index is 0.415. The van der Waals surface area contributed by atoms with Gasteiger partial charge in [-0.1, -0.05) is 188 Å². The summed E-state index contributed by atoms with van der Waals surface area (Å²) in [5.41, 5.74) is 18.4. The van der Waals surface area contributed by atoms with Gasteiger partial charge in [0.25, 0.3) is 0 Å². The van der Waals surface area contributed by atoms with Gasteiger partial charge in [0, 0.05) is 16.9 Å². The fourth-order valence-electron chi connectivity index (χ4n) is 10.2. The molecular formula is C57H37N. The average molecular weight is 736 g/mol. The maximum atomic E-state index is 2.47. The molecule has 10 aromatic carbocycles. The van der Waals surface area contributed by atoms with Crippen molar-refractivity contribution in [1.82, 2.24) is 0 Å². The third kappa shape index (κ3) is 4.71.